The van der Waals surface area contributed by atoms with Crippen molar-refractivity contribution in [1.82, 2.24) is 14.8 Å². The van der Waals surface area contributed by atoms with E-state index >= 15 is 0 Å². The van der Waals surface area contributed by atoms with Crippen LogP contribution in [0.3, 0.4) is 0 Å². The molecule has 32 heavy (non-hydrogen) atoms. The van der Waals surface area contributed by atoms with Crippen LogP contribution in [0.2, 0.25) is 0 Å². The molecule has 0 aliphatic heterocycles. The van der Waals surface area contributed by atoms with Gasteiger partial charge in [0.2, 0.25) is 5.91 Å². The first kappa shape index (κ1) is 23.4. The molecule has 1 N–H and O–H groups in total. The second-order valence-corrected chi connectivity index (χ2v) is 7.97. The molecule has 0 radical (unpaired) electrons. The molecule has 0 aliphatic rings. The summed E-state index contributed by atoms with van der Waals surface area (Å²) in [5.74, 6) is 2.27. The van der Waals surface area contributed by atoms with Crippen molar-refractivity contribution in [2.75, 3.05) is 18.2 Å². The van der Waals surface area contributed by atoms with Crippen molar-refractivity contribution >= 4 is 23.4 Å². The highest BCUT2D eigenvalue weighted by molar-refractivity contribution is 7.99. The van der Waals surface area contributed by atoms with E-state index in [0.717, 1.165) is 23.4 Å². The summed E-state index contributed by atoms with van der Waals surface area (Å²) < 4.78 is 13.1. The Morgan fingerprint density at radius 3 is 2.59 bits per heavy atom. The summed E-state index contributed by atoms with van der Waals surface area (Å²) in [6.07, 6.45) is 2.29. The van der Waals surface area contributed by atoms with E-state index in [1.165, 1.54) is 11.8 Å². The van der Waals surface area contributed by atoms with Gasteiger partial charge in [-0.1, -0.05) is 43.0 Å². The van der Waals surface area contributed by atoms with E-state index in [1.54, 1.807) is 13.2 Å². The lowest BCUT2D eigenvalue weighted by Crippen LogP contribution is -2.16. The molecule has 3 aromatic rings. The van der Waals surface area contributed by atoms with Gasteiger partial charge in [-0.15, -0.1) is 16.8 Å². The number of aromatic nitrogens is 3. The molecule has 3 rings (SSSR count). The molecule has 1 heterocycles. The fourth-order valence-electron chi connectivity index (χ4n) is 3.19. The number of carbonyl (C=O) groups is 1. The third-order valence-corrected chi connectivity index (χ3v) is 5.76. The summed E-state index contributed by atoms with van der Waals surface area (Å²) >= 11 is 1.33. The van der Waals surface area contributed by atoms with Crippen LogP contribution in [0.15, 0.2) is 66.3 Å². The van der Waals surface area contributed by atoms with Crippen molar-refractivity contribution in [3.63, 3.8) is 0 Å². The molecule has 0 saturated carbocycles. The fraction of sp³-hybridized carbons (Fsp3) is 0.292. The lowest BCUT2D eigenvalue weighted by molar-refractivity contribution is -0.113. The number of thioether (sulfide) groups is 1. The summed E-state index contributed by atoms with van der Waals surface area (Å²) in [5, 5.41) is 12.2. The highest BCUT2D eigenvalue weighted by Gasteiger charge is 2.20. The third kappa shape index (κ3) is 5.91. The Hall–Kier alpha value is -3.26. The zero-order valence-electron chi connectivity index (χ0n) is 18.6. The minimum absolute atomic E-state index is 0.0897. The average Bonchev–Trinajstić information content (AvgIpc) is 3.21. The number of benzene rings is 2. The topological polar surface area (TPSA) is 78.3 Å². The number of nitrogens with one attached hydrogen (secondary N) is 1. The van der Waals surface area contributed by atoms with Gasteiger partial charge in [-0.3, -0.25) is 9.36 Å². The van der Waals surface area contributed by atoms with Crippen LogP contribution in [-0.4, -0.2) is 33.5 Å². The van der Waals surface area contributed by atoms with Crippen molar-refractivity contribution in [3.8, 4) is 11.5 Å². The molecular weight excluding hydrogens is 424 g/mol. The summed E-state index contributed by atoms with van der Waals surface area (Å²) in [6, 6.07) is 15.2. The molecule has 1 atom stereocenters. The molecule has 8 heteroatoms. The van der Waals surface area contributed by atoms with Crippen LogP contribution in [0.25, 0.3) is 0 Å². The molecule has 1 unspecified atom stereocenters. The van der Waals surface area contributed by atoms with Gasteiger partial charge in [0.05, 0.1) is 12.9 Å². The first-order valence-corrected chi connectivity index (χ1v) is 11.4. The molecule has 0 aliphatic carbocycles. The van der Waals surface area contributed by atoms with Gasteiger partial charge in [-0.25, -0.2) is 0 Å². The van der Waals surface area contributed by atoms with Crippen LogP contribution >= 0.6 is 11.8 Å². The number of methoxy groups -OCH3 is 1. The lowest BCUT2D eigenvalue weighted by atomic mass is 10.1. The highest BCUT2D eigenvalue weighted by Crippen LogP contribution is 2.26. The lowest BCUT2D eigenvalue weighted by Gasteiger charge is -2.16. The van der Waals surface area contributed by atoms with Crippen molar-refractivity contribution in [3.05, 3.63) is 72.6 Å². The maximum Gasteiger partial charge on any atom is 0.234 e. The Balaban J connectivity index is 1.66. The van der Waals surface area contributed by atoms with Crippen LogP contribution in [0.4, 0.5) is 5.69 Å². The molecule has 0 fully saturated rings. The Morgan fingerprint density at radius 2 is 1.91 bits per heavy atom. The van der Waals surface area contributed by atoms with Gasteiger partial charge in [0, 0.05) is 12.2 Å². The van der Waals surface area contributed by atoms with Crippen molar-refractivity contribution < 1.29 is 14.3 Å². The summed E-state index contributed by atoms with van der Waals surface area (Å²) in [6.45, 7) is 8.32. The maximum atomic E-state index is 12.5. The minimum atomic E-state index is -0.338. The number of allylic oxidation sites excluding steroid dienone is 1. The van der Waals surface area contributed by atoms with Gasteiger partial charge >= 0.3 is 0 Å². The van der Waals surface area contributed by atoms with Gasteiger partial charge in [-0.05, 0) is 49.2 Å². The number of amides is 1. The van der Waals surface area contributed by atoms with Crippen LogP contribution in [0.1, 0.15) is 31.3 Å². The maximum absolute atomic E-state index is 12.5. The average molecular weight is 453 g/mol. The first-order valence-electron chi connectivity index (χ1n) is 10.4. The van der Waals surface area contributed by atoms with E-state index < -0.39 is 0 Å². The van der Waals surface area contributed by atoms with Crippen LogP contribution < -0.4 is 14.8 Å². The summed E-state index contributed by atoms with van der Waals surface area (Å²) in [4.78, 5) is 12.5. The standard InChI is InChI=1S/C24H28N4O3S/c1-5-15-28-23(17(3)31-20-13-11-19(30-4)12-14-20)26-27-24(28)32-16-22(29)25-21-10-8-7-9-18(21)6-2/h5,7-14,17H,1,6,15-16H2,2-4H3,(H,25,29). The summed E-state index contributed by atoms with van der Waals surface area (Å²) in [5.41, 5.74) is 1.95. The van der Waals surface area contributed by atoms with E-state index in [1.807, 2.05) is 60.0 Å². The Labute approximate surface area is 192 Å². The predicted molar refractivity (Wildman–Crippen MR) is 127 cm³/mol. The van der Waals surface area contributed by atoms with E-state index in [4.69, 9.17) is 9.47 Å². The van der Waals surface area contributed by atoms with Crippen molar-refractivity contribution in [1.29, 1.82) is 0 Å². The number of nitrogens with zero attached hydrogens (tertiary/aromatic N) is 3. The van der Waals surface area contributed by atoms with Gasteiger partial charge in [0.15, 0.2) is 17.1 Å². The molecule has 0 saturated heterocycles. The molecule has 0 spiro atoms. The largest absolute Gasteiger partial charge is 0.497 e. The zero-order valence-corrected chi connectivity index (χ0v) is 19.4. The third-order valence-electron chi connectivity index (χ3n) is 4.80. The van der Waals surface area contributed by atoms with Crippen LogP contribution in [0, 0.1) is 0 Å². The predicted octanol–water partition coefficient (Wildman–Crippen LogP) is 4.91. The number of aryl methyl sites for hydroxylation is 1. The SMILES string of the molecule is C=CCn1c(SCC(=O)Nc2ccccc2CC)nnc1C(C)Oc1ccc(OC)cc1. The molecule has 2 aromatic carbocycles. The minimum Gasteiger partial charge on any atom is -0.497 e. The number of para-hydroxylation sites is 1. The second-order valence-electron chi connectivity index (χ2n) is 7.02. The number of anilines is 1. The van der Waals surface area contributed by atoms with Gasteiger partial charge in [0.1, 0.15) is 11.5 Å². The monoisotopic (exact) mass is 452 g/mol. The van der Waals surface area contributed by atoms with Gasteiger partial charge < -0.3 is 14.8 Å². The van der Waals surface area contributed by atoms with Crippen molar-refractivity contribution in [2.24, 2.45) is 0 Å². The Kier molecular flexibility index (Phi) is 8.33. The molecule has 168 valence electrons. The van der Waals surface area contributed by atoms with Crippen LogP contribution in [-0.2, 0) is 17.8 Å². The molecular formula is C24H28N4O3S. The Morgan fingerprint density at radius 1 is 1.19 bits per heavy atom. The number of carbonyl (C=O) groups excluding carboxylic acids is 1. The number of hydrogen-bond acceptors (Lipinski definition) is 6. The smallest absolute Gasteiger partial charge is 0.234 e. The molecule has 1 aromatic heterocycles. The zero-order chi connectivity index (χ0) is 22.9. The molecule has 1 amide bonds. The second kappa shape index (κ2) is 11.4. The van der Waals surface area contributed by atoms with E-state index in [9.17, 15) is 4.79 Å². The normalized spacial score (nSPS) is 11.6. The quantitative estimate of drug-likeness (QED) is 0.329. The van der Waals surface area contributed by atoms with Gasteiger partial charge in [-0.2, -0.15) is 0 Å². The van der Waals surface area contributed by atoms with E-state index in [0.29, 0.717) is 23.3 Å². The molecule has 0 bridgehead atoms. The van der Waals surface area contributed by atoms with E-state index in [-0.39, 0.29) is 17.8 Å². The number of ether oxygens (including phenoxy) is 2. The van der Waals surface area contributed by atoms with Gasteiger partial charge in [0.25, 0.3) is 0 Å². The van der Waals surface area contributed by atoms with Crippen molar-refractivity contribution in [2.45, 2.75) is 38.1 Å². The van der Waals surface area contributed by atoms with E-state index in [2.05, 4.69) is 29.0 Å². The summed E-state index contributed by atoms with van der Waals surface area (Å²) in [7, 11) is 1.62. The first-order chi connectivity index (χ1) is 15.5. The number of rotatable bonds is 11. The highest BCUT2D eigenvalue weighted by atomic mass is 32.2. The number of hydrogen-bond donors (Lipinski definition) is 1. The van der Waals surface area contributed by atoms with Crippen LogP contribution in [0.5, 0.6) is 11.5 Å². The molecule has 7 nitrogen and oxygen atoms in total. The Bertz CT molecular complexity index is 1050. The fourth-order valence-corrected chi connectivity index (χ4v) is 3.94.